The molecule has 0 aliphatic heterocycles. The fourth-order valence-electron chi connectivity index (χ4n) is 1.72. The Balaban J connectivity index is 2.57. The number of carbonyl (C=O) groups excluding carboxylic acids is 1. The molecule has 1 atom stereocenters. The number of aromatic nitrogens is 3. The zero-order valence-electron chi connectivity index (χ0n) is 10.9. The Morgan fingerprint density at radius 1 is 1.53 bits per heavy atom. The van der Waals surface area contributed by atoms with Gasteiger partial charge in [-0.05, 0) is 26.8 Å². The first-order valence-electron chi connectivity index (χ1n) is 5.77. The zero-order valence-corrected chi connectivity index (χ0v) is 10.9. The number of aryl methyl sites for hydroxylation is 3. The topological polar surface area (TPSA) is 69.0 Å². The van der Waals surface area contributed by atoms with Gasteiger partial charge in [0.15, 0.2) is 0 Å². The minimum absolute atomic E-state index is 0.235. The van der Waals surface area contributed by atoms with E-state index in [0.29, 0.717) is 13.0 Å². The van der Waals surface area contributed by atoms with Crippen LogP contribution >= 0.6 is 0 Å². The molecule has 0 spiro atoms. The summed E-state index contributed by atoms with van der Waals surface area (Å²) in [6.07, 6.45) is 0.643. The summed E-state index contributed by atoms with van der Waals surface area (Å²) in [5, 5.41) is 7.35. The summed E-state index contributed by atoms with van der Waals surface area (Å²) >= 11 is 0. The second-order valence-corrected chi connectivity index (χ2v) is 3.85. The van der Waals surface area contributed by atoms with E-state index >= 15 is 0 Å². The van der Waals surface area contributed by atoms with Gasteiger partial charge in [0.05, 0.1) is 7.11 Å². The number of esters is 1. The van der Waals surface area contributed by atoms with Gasteiger partial charge in [0.25, 0.3) is 0 Å². The molecule has 0 fully saturated rings. The van der Waals surface area contributed by atoms with Gasteiger partial charge in [-0.2, -0.15) is 5.10 Å². The molecular formula is C11H20N4O2. The summed E-state index contributed by atoms with van der Waals surface area (Å²) in [5.74, 6) is 1.38. The first kappa shape index (κ1) is 13.6. The maximum atomic E-state index is 11.5. The average molecular weight is 240 g/mol. The zero-order chi connectivity index (χ0) is 12.8. The maximum absolute atomic E-state index is 11.5. The molecule has 0 radical (unpaired) electrons. The molecular weight excluding hydrogens is 220 g/mol. The minimum atomic E-state index is -0.283. The standard InChI is InChI=1S/C11H20N4O2/c1-5-12-10(11(16)17-4)6-7-15-9(3)13-8(2)14-15/h10,12H,5-7H2,1-4H3. The monoisotopic (exact) mass is 240 g/mol. The van der Waals surface area contributed by atoms with E-state index in [1.807, 2.05) is 25.5 Å². The summed E-state index contributed by atoms with van der Waals surface area (Å²) in [6, 6.07) is -0.283. The minimum Gasteiger partial charge on any atom is -0.468 e. The molecule has 0 saturated heterocycles. The molecule has 1 heterocycles. The van der Waals surface area contributed by atoms with E-state index in [1.165, 1.54) is 7.11 Å². The van der Waals surface area contributed by atoms with Crippen molar-refractivity contribution in [3.63, 3.8) is 0 Å². The van der Waals surface area contributed by atoms with Crippen LogP contribution in [0.25, 0.3) is 0 Å². The van der Waals surface area contributed by atoms with Gasteiger partial charge < -0.3 is 10.1 Å². The summed E-state index contributed by atoms with van der Waals surface area (Å²) < 4.78 is 6.55. The molecule has 17 heavy (non-hydrogen) atoms. The number of ether oxygens (including phenoxy) is 1. The largest absolute Gasteiger partial charge is 0.468 e. The number of hydrogen-bond acceptors (Lipinski definition) is 5. The van der Waals surface area contributed by atoms with E-state index in [-0.39, 0.29) is 12.0 Å². The Morgan fingerprint density at radius 3 is 2.71 bits per heavy atom. The van der Waals surface area contributed by atoms with E-state index < -0.39 is 0 Å². The Bertz CT molecular complexity index is 376. The lowest BCUT2D eigenvalue weighted by atomic mass is 10.2. The van der Waals surface area contributed by atoms with Gasteiger partial charge in [0.2, 0.25) is 0 Å². The number of methoxy groups -OCH3 is 1. The number of nitrogens with zero attached hydrogens (tertiary/aromatic N) is 3. The van der Waals surface area contributed by atoms with Gasteiger partial charge in [-0.3, -0.25) is 9.48 Å². The van der Waals surface area contributed by atoms with Gasteiger partial charge in [-0.1, -0.05) is 6.92 Å². The van der Waals surface area contributed by atoms with E-state index in [4.69, 9.17) is 4.74 Å². The number of carbonyl (C=O) groups is 1. The fraction of sp³-hybridized carbons (Fsp3) is 0.727. The van der Waals surface area contributed by atoms with Gasteiger partial charge in [-0.15, -0.1) is 0 Å². The second-order valence-electron chi connectivity index (χ2n) is 3.85. The predicted molar refractivity (Wildman–Crippen MR) is 63.6 cm³/mol. The predicted octanol–water partition coefficient (Wildman–Crippen LogP) is 0.436. The van der Waals surface area contributed by atoms with E-state index in [2.05, 4.69) is 15.4 Å². The molecule has 0 bridgehead atoms. The van der Waals surface area contributed by atoms with Crippen LogP contribution < -0.4 is 5.32 Å². The Kier molecular flexibility index (Phi) is 5.09. The van der Waals surface area contributed by atoms with Gasteiger partial charge in [-0.25, -0.2) is 4.98 Å². The Morgan fingerprint density at radius 2 is 2.24 bits per heavy atom. The third-order valence-corrected chi connectivity index (χ3v) is 2.53. The Labute approximate surface area is 101 Å². The van der Waals surface area contributed by atoms with Crippen LogP contribution in [0.15, 0.2) is 0 Å². The van der Waals surface area contributed by atoms with Crippen molar-refractivity contribution in [2.45, 2.75) is 39.8 Å². The highest BCUT2D eigenvalue weighted by molar-refractivity contribution is 5.75. The lowest BCUT2D eigenvalue weighted by molar-refractivity contribution is -0.143. The highest BCUT2D eigenvalue weighted by Crippen LogP contribution is 2.02. The molecule has 0 aliphatic rings. The first-order valence-corrected chi connectivity index (χ1v) is 5.77. The average Bonchev–Trinajstić information content (AvgIpc) is 2.62. The van der Waals surface area contributed by atoms with Crippen LogP contribution in [0.3, 0.4) is 0 Å². The van der Waals surface area contributed by atoms with Crippen LogP contribution in [0.5, 0.6) is 0 Å². The van der Waals surface area contributed by atoms with Crippen molar-refractivity contribution in [2.24, 2.45) is 0 Å². The molecule has 1 aromatic rings. The molecule has 1 N–H and O–H groups in total. The molecule has 6 heteroatoms. The van der Waals surface area contributed by atoms with Crippen LogP contribution in [0.2, 0.25) is 0 Å². The molecule has 1 rings (SSSR count). The normalized spacial score (nSPS) is 12.5. The van der Waals surface area contributed by atoms with E-state index in [9.17, 15) is 4.79 Å². The molecule has 0 aliphatic carbocycles. The molecule has 0 aromatic carbocycles. The first-order chi connectivity index (χ1) is 8.08. The fourth-order valence-corrected chi connectivity index (χ4v) is 1.72. The molecule has 6 nitrogen and oxygen atoms in total. The quantitative estimate of drug-likeness (QED) is 0.730. The summed E-state index contributed by atoms with van der Waals surface area (Å²) in [4.78, 5) is 15.7. The molecule has 96 valence electrons. The van der Waals surface area contributed by atoms with E-state index in [0.717, 1.165) is 18.2 Å². The van der Waals surface area contributed by atoms with Crippen molar-refractivity contribution in [3.8, 4) is 0 Å². The lowest BCUT2D eigenvalue weighted by Crippen LogP contribution is -2.38. The van der Waals surface area contributed by atoms with Crippen LogP contribution in [-0.2, 0) is 16.1 Å². The van der Waals surface area contributed by atoms with E-state index in [1.54, 1.807) is 0 Å². The van der Waals surface area contributed by atoms with Crippen molar-refractivity contribution in [2.75, 3.05) is 13.7 Å². The van der Waals surface area contributed by atoms with Gasteiger partial charge in [0.1, 0.15) is 17.7 Å². The number of likely N-dealkylation sites (N-methyl/N-ethyl adjacent to an activating group) is 1. The van der Waals surface area contributed by atoms with Crippen LogP contribution in [0, 0.1) is 13.8 Å². The SMILES string of the molecule is CCNC(CCn1nc(C)nc1C)C(=O)OC. The Hall–Kier alpha value is -1.43. The third-order valence-electron chi connectivity index (χ3n) is 2.53. The summed E-state index contributed by atoms with van der Waals surface area (Å²) in [6.45, 7) is 7.10. The summed E-state index contributed by atoms with van der Waals surface area (Å²) in [7, 11) is 1.40. The molecule has 0 saturated carbocycles. The van der Waals surface area contributed by atoms with Crippen molar-refractivity contribution in [1.29, 1.82) is 0 Å². The summed E-state index contributed by atoms with van der Waals surface area (Å²) in [5.41, 5.74) is 0. The molecule has 1 aromatic heterocycles. The van der Waals surface area contributed by atoms with Gasteiger partial charge in [0, 0.05) is 6.54 Å². The van der Waals surface area contributed by atoms with Crippen molar-refractivity contribution >= 4 is 5.97 Å². The van der Waals surface area contributed by atoms with Gasteiger partial charge >= 0.3 is 5.97 Å². The van der Waals surface area contributed by atoms with Crippen LogP contribution in [0.1, 0.15) is 25.0 Å². The number of rotatable bonds is 6. The van der Waals surface area contributed by atoms with Crippen LogP contribution in [-0.4, -0.2) is 40.4 Å². The number of nitrogens with one attached hydrogen (secondary N) is 1. The second kappa shape index (κ2) is 6.34. The van der Waals surface area contributed by atoms with Crippen molar-refractivity contribution < 1.29 is 9.53 Å². The smallest absolute Gasteiger partial charge is 0.322 e. The molecule has 1 unspecified atom stereocenters. The van der Waals surface area contributed by atoms with Crippen molar-refractivity contribution in [3.05, 3.63) is 11.6 Å². The number of hydrogen-bond donors (Lipinski definition) is 1. The maximum Gasteiger partial charge on any atom is 0.322 e. The third kappa shape index (κ3) is 3.81. The lowest BCUT2D eigenvalue weighted by Gasteiger charge is -2.15. The highest BCUT2D eigenvalue weighted by atomic mass is 16.5. The van der Waals surface area contributed by atoms with Crippen molar-refractivity contribution in [1.82, 2.24) is 20.1 Å². The highest BCUT2D eigenvalue weighted by Gasteiger charge is 2.18. The van der Waals surface area contributed by atoms with Crippen LogP contribution in [0.4, 0.5) is 0 Å². The molecule has 0 amide bonds.